The molecule has 0 aliphatic carbocycles. The van der Waals surface area contributed by atoms with Gasteiger partial charge < -0.3 is 18.9 Å². The number of esters is 2. The summed E-state index contributed by atoms with van der Waals surface area (Å²) in [7, 11) is 2.52. The fourth-order valence-electron chi connectivity index (χ4n) is 3.56. The van der Waals surface area contributed by atoms with E-state index in [1.54, 1.807) is 19.1 Å². The summed E-state index contributed by atoms with van der Waals surface area (Å²) in [5.41, 5.74) is -2.10. The molecule has 0 spiro atoms. The van der Waals surface area contributed by atoms with Gasteiger partial charge in [-0.1, -0.05) is 18.2 Å². The number of hydrogen-bond acceptors (Lipinski definition) is 6. The van der Waals surface area contributed by atoms with Gasteiger partial charge in [0.15, 0.2) is 5.41 Å². The van der Waals surface area contributed by atoms with E-state index in [0.29, 0.717) is 11.3 Å². The van der Waals surface area contributed by atoms with Gasteiger partial charge in [0.05, 0.1) is 20.3 Å². The Morgan fingerprint density at radius 3 is 2.45 bits per heavy atom. The second kappa shape index (κ2) is 4.98. The Kier molecular flexibility index (Phi) is 3.36. The predicted octanol–water partition coefficient (Wildman–Crippen LogP) is 1.42. The number of fused-ring (bicyclic) bond motifs is 4. The van der Waals surface area contributed by atoms with Crippen LogP contribution in [0.2, 0.25) is 0 Å². The summed E-state index contributed by atoms with van der Waals surface area (Å²) in [4.78, 5) is 25.1. The van der Waals surface area contributed by atoms with E-state index >= 15 is 0 Å². The van der Waals surface area contributed by atoms with Crippen molar-refractivity contribution in [2.24, 2.45) is 5.41 Å². The SMILES string of the molecule is COC(=O)C1(C(=O)OC)C[C@H]2COc3ccccc3[C@]1(C)O2. The van der Waals surface area contributed by atoms with Gasteiger partial charge >= 0.3 is 11.9 Å². The lowest BCUT2D eigenvalue weighted by Gasteiger charge is -2.38. The second-order valence-electron chi connectivity index (χ2n) is 5.67. The summed E-state index contributed by atoms with van der Waals surface area (Å²) in [5.74, 6) is -0.702. The molecule has 2 aliphatic rings. The van der Waals surface area contributed by atoms with Crippen LogP contribution in [-0.4, -0.2) is 38.9 Å². The quantitative estimate of drug-likeness (QED) is 0.608. The Morgan fingerprint density at radius 1 is 1.18 bits per heavy atom. The van der Waals surface area contributed by atoms with Crippen LogP contribution >= 0.6 is 0 Å². The number of ether oxygens (including phenoxy) is 4. The highest BCUT2D eigenvalue weighted by molar-refractivity contribution is 6.02. The molecule has 1 fully saturated rings. The molecule has 2 bridgehead atoms. The molecule has 2 aliphatic heterocycles. The number of methoxy groups -OCH3 is 2. The van der Waals surface area contributed by atoms with E-state index < -0.39 is 29.1 Å². The van der Waals surface area contributed by atoms with Crippen molar-refractivity contribution in [3.63, 3.8) is 0 Å². The summed E-state index contributed by atoms with van der Waals surface area (Å²) in [6.45, 7) is 1.98. The van der Waals surface area contributed by atoms with Gasteiger partial charge in [-0.2, -0.15) is 0 Å². The highest BCUT2D eigenvalue weighted by atomic mass is 16.6. The van der Waals surface area contributed by atoms with Crippen molar-refractivity contribution in [1.82, 2.24) is 0 Å². The molecule has 2 heterocycles. The van der Waals surface area contributed by atoms with E-state index in [4.69, 9.17) is 18.9 Å². The zero-order valence-corrected chi connectivity index (χ0v) is 12.8. The smallest absolute Gasteiger partial charge is 0.326 e. The van der Waals surface area contributed by atoms with Crippen LogP contribution in [0.25, 0.3) is 0 Å². The number of rotatable bonds is 2. The predicted molar refractivity (Wildman–Crippen MR) is 75.2 cm³/mol. The first-order valence-electron chi connectivity index (χ1n) is 7.06. The van der Waals surface area contributed by atoms with Crippen LogP contribution in [0.4, 0.5) is 0 Å². The molecular weight excluding hydrogens is 288 g/mol. The third-order valence-corrected chi connectivity index (χ3v) is 4.64. The average Bonchev–Trinajstić information content (AvgIpc) is 2.77. The van der Waals surface area contributed by atoms with Crippen molar-refractivity contribution >= 4 is 11.9 Å². The molecule has 118 valence electrons. The molecule has 3 rings (SSSR count). The van der Waals surface area contributed by atoms with Gasteiger partial charge in [-0.25, -0.2) is 0 Å². The largest absolute Gasteiger partial charge is 0.490 e. The van der Waals surface area contributed by atoms with E-state index in [0.717, 1.165) is 0 Å². The zero-order valence-electron chi connectivity index (χ0n) is 12.8. The maximum Gasteiger partial charge on any atom is 0.326 e. The summed E-state index contributed by atoms with van der Waals surface area (Å²) >= 11 is 0. The normalized spacial score (nSPS) is 28.0. The van der Waals surface area contributed by atoms with Gasteiger partial charge in [-0.15, -0.1) is 0 Å². The molecule has 0 radical (unpaired) electrons. The highest BCUT2D eigenvalue weighted by Gasteiger charge is 2.70. The molecule has 6 nitrogen and oxygen atoms in total. The van der Waals surface area contributed by atoms with Crippen LogP contribution in [0.5, 0.6) is 5.75 Å². The molecule has 1 aromatic rings. The first-order valence-corrected chi connectivity index (χ1v) is 7.06. The van der Waals surface area contributed by atoms with Crippen LogP contribution in [-0.2, 0) is 29.4 Å². The summed E-state index contributed by atoms with van der Waals surface area (Å²) in [6.07, 6.45) is -0.229. The first-order chi connectivity index (χ1) is 10.5. The van der Waals surface area contributed by atoms with E-state index in [-0.39, 0.29) is 13.0 Å². The molecule has 0 aromatic heterocycles. The lowest BCUT2D eigenvalue weighted by molar-refractivity contribution is -0.183. The zero-order chi connectivity index (χ0) is 16.0. The van der Waals surface area contributed by atoms with Crippen molar-refractivity contribution in [3.8, 4) is 5.75 Å². The van der Waals surface area contributed by atoms with E-state index in [2.05, 4.69) is 0 Å². The Balaban J connectivity index is 2.26. The molecule has 1 aromatic carbocycles. The monoisotopic (exact) mass is 306 g/mol. The Morgan fingerprint density at radius 2 is 1.82 bits per heavy atom. The lowest BCUT2D eigenvalue weighted by Crippen LogP contribution is -2.53. The maximum absolute atomic E-state index is 12.6. The number of carbonyl (C=O) groups is 2. The van der Waals surface area contributed by atoms with Crippen molar-refractivity contribution in [2.45, 2.75) is 25.0 Å². The number of para-hydroxylation sites is 1. The Hall–Kier alpha value is -2.08. The van der Waals surface area contributed by atoms with Gasteiger partial charge in [0.1, 0.15) is 18.0 Å². The minimum absolute atomic E-state index is 0.164. The number of benzene rings is 1. The molecule has 22 heavy (non-hydrogen) atoms. The lowest BCUT2D eigenvalue weighted by atomic mass is 9.67. The summed E-state index contributed by atoms with van der Waals surface area (Å²) in [6, 6.07) is 7.24. The van der Waals surface area contributed by atoms with Crippen LogP contribution in [0, 0.1) is 5.41 Å². The van der Waals surface area contributed by atoms with E-state index in [9.17, 15) is 9.59 Å². The molecule has 0 saturated carbocycles. The molecule has 0 amide bonds. The van der Waals surface area contributed by atoms with Crippen LogP contribution in [0.15, 0.2) is 24.3 Å². The molecule has 0 N–H and O–H groups in total. The molecule has 1 saturated heterocycles. The Labute approximate surface area is 128 Å². The average molecular weight is 306 g/mol. The molecular formula is C16H18O6. The third kappa shape index (κ3) is 1.70. The second-order valence-corrected chi connectivity index (χ2v) is 5.67. The van der Waals surface area contributed by atoms with Gasteiger partial charge in [-0.3, -0.25) is 9.59 Å². The molecule has 2 atom stereocenters. The van der Waals surface area contributed by atoms with Crippen LogP contribution < -0.4 is 4.74 Å². The van der Waals surface area contributed by atoms with Crippen LogP contribution in [0.3, 0.4) is 0 Å². The minimum Gasteiger partial charge on any atom is -0.490 e. The minimum atomic E-state index is -1.54. The topological polar surface area (TPSA) is 71.1 Å². The maximum atomic E-state index is 12.6. The van der Waals surface area contributed by atoms with Crippen molar-refractivity contribution < 1.29 is 28.5 Å². The number of hydrogen-bond donors (Lipinski definition) is 0. The van der Waals surface area contributed by atoms with Gasteiger partial charge in [0, 0.05) is 12.0 Å². The van der Waals surface area contributed by atoms with Gasteiger partial charge in [-0.05, 0) is 13.0 Å². The van der Waals surface area contributed by atoms with Crippen LogP contribution in [0.1, 0.15) is 18.9 Å². The molecule has 6 heteroatoms. The van der Waals surface area contributed by atoms with Crippen molar-refractivity contribution in [1.29, 1.82) is 0 Å². The van der Waals surface area contributed by atoms with Crippen molar-refractivity contribution in [2.75, 3.05) is 20.8 Å². The summed E-state index contributed by atoms with van der Waals surface area (Å²) < 4.78 is 21.7. The molecule has 0 unspecified atom stereocenters. The summed E-state index contributed by atoms with van der Waals surface area (Å²) in [5, 5.41) is 0. The standard InChI is InChI=1S/C16H18O6/c1-15-11-6-4-5-7-12(11)21-9-10(22-15)8-16(15,13(17)19-2)14(18)20-3/h4-7,10H,8-9H2,1-3H3/t10-,15-/m0/s1. The van der Waals surface area contributed by atoms with E-state index in [1.165, 1.54) is 14.2 Å². The van der Waals surface area contributed by atoms with E-state index in [1.807, 2.05) is 12.1 Å². The fraction of sp³-hybridized carbons (Fsp3) is 0.500. The highest BCUT2D eigenvalue weighted by Crippen LogP contribution is 2.57. The fourth-order valence-corrected chi connectivity index (χ4v) is 3.56. The first kappa shape index (κ1) is 14.8. The Bertz CT molecular complexity index is 609. The number of carbonyl (C=O) groups excluding carboxylic acids is 2. The van der Waals surface area contributed by atoms with Crippen molar-refractivity contribution in [3.05, 3.63) is 29.8 Å². The third-order valence-electron chi connectivity index (χ3n) is 4.64. The van der Waals surface area contributed by atoms with Gasteiger partial charge in [0.25, 0.3) is 0 Å². The van der Waals surface area contributed by atoms with Gasteiger partial charge in [0.2, 0.25) is 0 Å².